The molecule has 186 valence electrons. The minimum atomic E-state index is -0.654. The molecule has 0 saturated carbocycles. The number of anilines is 2. The molecule has 0 bridgehead atoms. The number of hydrogen-bond acceptors (Lipinski definition) is 9. The van der Waals surface area contributed by atoms with Crippen molar-refractivity contribution in [1.82, 2.24) is 24.8 Å². The summed E-state index contributed by atoms with van der Waals surface area (Å²) in [6.45, 7) is 7.83. The molecule has 0 aliphatic carbocycles. The van der Waals surface area contributed by atoms with Crippen molar-refractivity contribution in [1.29, 1.82) is 0 Å². The number of carbonyl (C=O) groups is 2. The second kappa shape index (κ2) is 10.8. The molecule has 3 N–H and O–H groups in total. The molecular formula is C25H34N8O2. The fraction of sp³-hybridized carbons (Fsp3) is 0.480. The van der Waals surface area contributed by atoms with Crippen LogP contribution in [0.2, 0.25) is 0 Å². The van der Waals surface area contributed by atoms with Crippen LogP contribution in [0.1, 0.15) is 59.9 Å². The van der Waals surface area contributed by atoms with Crippen LogP contribution in [-0.4, -0.2) is 82.5 Å². The van der Waals surface area contributed by atoms with Gasteiger partial charge in [-0.2, -0.15) is 10.1 Å². The molecule has 1 aromatic carbocycles. The van der Waals surface area contributed by atoms with Gasteiger partial charge >= 0.3 is 0 Å². The Morgan fingerprint density at radius 3 is 2.57 bits per heavy atom. The zero-order valence-corrected chi connectivity index (χ0v) is 20.6. The number of benzene rings is 1. The standard InChI is InChI=1S/C25H34N8O2/c1-4-5-17(2)28-23-22-20(29-25(26)30-23)14-27-33(21(22)16-34)15-18-6-8-19(9-7-18)24(35)32-12-10-31(3)11-13-32/h6-9,14,16-17,21H,4-5,10-13,15H2,1-3H3,(H3,26,28,29,30)/t17?,21-/m0/s1. The van der Waals surface area contributed by atoms with Crippen LogP contribution in [0, 0.1) is 0 Å². The normalized spacial score (nSPS) is 18.8. The van der Waals surface area contributed by atoms with Crippen molar-refractivity contribution in [3.05, 3.63) is 46.6 Å². The Morgan fingerprint density at radius 2 is 1.91 bits per heavy atom. The lowest BCUT2D eigenvalue weighted by Gasteiger charge is -2.32. The molecule has 2 atom stereocenters. The molecule has 0 spiro atoms. The number of nitrogens with one attached hydrogen (secondary N) is 1. The van der Waals surface area contributed by atoms with Crippen molar-refractivity contribution in [3.63, 3.8) is 0 Å². The average Bonchev–Trinajstić information content (AvgIpc) is 2.84. The van der Waals surface area contributed by atoms with Gasteiger partial charge in [-0.25, -0.2) is 4.98 Å². The lowest BCUT2D eigenvalue weighted by atomic mass is 10.0. The van der Waals surface area contributed by atoms with Crippen LogP contribution < -0.4 is 11.1 Å². The average molecular weight is 479 g/mol. The maximum absolute atomic E-state index is 12.8. The number of amides is 1. The highest BCUT2D eigenvalue weighted by molar-refractivity contribution is 5.94. The molecule has 1 saturated heterocycles. The first-order chi connectivity index (χ1) is 16.9. The van der Waals surface area contributed by atoms with E-state index in [-0.39, 0.29) is 17.9 Å². The Bertz CT molecular complexity index is 1080. The summed E-state index contributed by atoms with van der Waals surface area (Å²) < 4.78 is 0. The number of nitrogen functional groups attached to an aromatic ring is 1. The van der Waals surface area contributed by atoms with E-state index in [1.807, 2.05) is 29.2 Å². The number of nitrogens with two attached hydrogens (primary N) is 1. The third kappa shape index (κ3) is 5.59. The molecule has 2 aliphatic heterocycles. The number of hydrazone groups is 1. The molecule has 1 amide bonds. The number of hydrogen-bond donors (Lipinski definition) is 2. The summed E-state index contributed by atoms with van der Waals surface area (Å²) in [5, 5.41) is 9.58. The minimum absolute atomic E-state index is 0.0481. The zero-order chi connectivity index (χ0) is 24.9. The summed E-state index contributed by atoms with van der Waals surface area (Å²) in [4.78, 5) is 37.9. The SMILES string of the molecule is CCCC(C)Nc1nc(N)nc2c1[C@H](C=O)N(Cc1ccc(C(=O)N3CCN(C)CC3)cc1)N=C2. The van der Waals surface area contributed by atoms with Crippen molar-refractivity contribution in [2.75, 3.05) is 44.3 Å². The van der Waals surface area contributed by atoms with E-state index in [1.165, 1.54) is 0 Å². The first-order valence-corrected chi connectivity index (χ1v) is 12.2. The first kappa shape index (κ1) is 24.6. The molecule has 4 rings (SSSR count). The molecule has 2 aromatic rings. The van der Waals surface area contributed by atoms with E-state index >= 15 is 0 Å². The highest BCUT2D eigenvalue weighted by Crippen LogP contribution is 2.32. The first-order valence-electron chi connectivity index (χ1n) is 12.2. The van der Waals surface area contributed by atoms with E-state index in [4.69, 9.17) is 5.73 Å². The van der Waals surface area contributed by atoms with Crippen LogP contribution >= 0.6 is 0 Å². The number of fused-ring (bicyclic) bond motifs is 1. The van der Waals surface area contributed by atoms with E-state index < -0.39 is 6.04 Å². The van der Waals surface area contributed by atoms with Gasteiger partial charge in [-0.15, -0.1) is 0 Å². The van der Waals surface area contributed by atoms with Gasteiger partial charge in [0.25, 0.3) is 5.91 Å². The van der Waals surface area contributed by atoms with E-state index in [0.29, 0.717) is 29.2 Å². The monoisotopic (exact) mass is 478 g/mol. The van der Waals surface area contributed by atoms with Gasteiger partial charge in [0.15, 0.2) is 0 Å². The molecule has 10 heteroatoms. The van der Waals surface area contributed by atoms with Gasteiger partial charge in [-0.3, -0.25) is 9.80 Å². The number of nitrogens with zero attached hydrogens (tertiary/aromatic N) is 6. The fourth-order valence-electron chi connectivity index (χ4n) is 4.50. The smallest absolute Gasteiger partial charge is 0.253 e. The second-order valence-electron chi connectivity index (χ2n) is 9.28. The van der Waals surface area contributed by atoms with Crippen molar-refractivity contribution in [2.45, 2.75) is 45.3 Å². The van der Waals surface area contributed by atoms with Gasteiger partial charge < -0.3 is 25.6 Å². The Balaban J connectivity index is 1.50. The fourth-order valence-corrected chi connectivity index (χ4v) is 4.50. The van der Waals surface area contributed by atoms with Gasteiger partial charge in [-0.1, -0.05) is 25.5 Å². The molecule has 0 radical (unpaired) electrons. The summed E-state index contributed by atoms with van der Waals surface area (Å²) in [6, 6.07) is 7.03. The summed E-state index contributed by atoms with van der Waals surface area (Å²) in [5.41, 5.74) is 8.75. The largest absolute Gasteiger partial charge is 0.368 e. The van der Waals surface area contributed by atoms with E-state index in [1.54, 1.807) is 11.2 Å². The molecule has 1 unspecified atom stereocenters. The lowest BCUT2D eigenvalue weighted by Crippen LogP contribution is -2.47. The molecule has 10 nitrogen and oxygen atoms in total. The van der Waals surface area contributed by atoms with Crippen LogP contribution in [-0.2, 0) is 11.3 Å². The number of carbonyl (C=O) groups excluding carboxylic acids is 2. The lowest BCUT2D eigenvalue weighted by molar-refractivity contribution is -0.113. The van der Waals surface area contributed by atoms with Gasteiger partial charge in [-0.05, 0) is 38.1 Å². The Morgan fingerprint density at radius 1 is 1.20 bits per heavy atom. The van der Waals surface area contributed by atoms with Gasteiger partial charge in [0.05, 0.1) is 24.0 Å². The highest BCUT2D eigenvalue weighted by atomic mass is 16.2. The van der Waals surface area contributed by atoms with E-state index in [0.717, 1.165) is 50.9 Å². The number of rotatable bonds is 8. The van der Waals surface area contributed by atoms with Crippen molar-refractivity contribution in [3.8, 4) is 0 Å². The molecule has 1 aromatic heterocycles. The summed E-state index contributed by atoms with van der Waals surface area (Å²) in [7, 11) is 2.07. The maximum Gasteiger partial charge on any atom is 0.253 e. The Labute approximate surface area is 206 Å². The van der Waals surface area contributed by atoms with E-state index in [2.05, 4.69) is 46.2 Å². The molecule has 3 heterocycles. The number of aldehydes is 1. The van der Waals surface area contributed by atoms with Crippen molar-refractivity contribution in [2.24, 2.45) is 5.10 Å². The minimum Gasteiger partial charge on any atom is -0.368 e. The summed E-state index contributed by atoms with van der Waals surface area (Å²) in [6.07, 6.45) is 4.46. The molecule has 35 heavy (non-hydrogen) atoms. The predicted molar refractivity (Wildman–Crippen MR) is 136 cm³/mol. The van der Waals surface area contributed by atoms with Crippen LogP contribution in [0.25, 0.3) is 0 Å². The zero-order valence-electron chi connectivity index (χ0n) is 20.6. The maximum atomic E-state index is 12.8. The molecular weight excluding hydrogens is 444 g/mol. The molecule has 1 fully saturated rings. The van der Waals surface area contributed by atoms with Gasteiger partial charge in [0.1, 0.15) is 18.1 Å². The second-order valence-corrected chi connectivity index (χ2v) is 9.28. The third-order valence-corrected chi connectivity index (χ3v) is 6.51. The number of piperazine rings is 1. The van der Waals surface area contributed by atoms with Crippen molar-refractivity contribution >= 4 is 30.2 Å². The predicted octanol–water partition coefficient (Wildman–Crippen LogP) is 2.14. The van der Waals surface area contributed by atoms with Crippen LogP contribution in [0.3, 0.4) is 0 Å². The Hall–Kier alpha value is -3.53. The Kier molecular flexibility index (Phi) is 7.60. The van der Waals surface area contributed by atoms with Gasteiger partial charge in [0.2, 0.25) is 5.95 Å². The van der Waals surface area contributed by atoms with E-state index in [9.17, 15) is 9.59 Å². The van der Waals surface area contributed by atoms with Crippen LogP contribution in [0.15, 0.2) is 29.4 Å². The van der Waals surface area contributed by atoms with Crippen LogP contribution in [0.5, 0.6) is 0 Å². The van der Waals surface area contributed by atoms with Gasteiger partial charge in [0, 0.05) is 37.8 Å². The summed E-state index contributed by atoms with van der Waals surface area (Å²) >= 11 is 0. The van der Waals surface area contributed by atoms with Crippen LogP contribution in [0.4, 0.5) is 11.8 Å². The summed E-state index contributed by atoms with van der Waals surface area (Å²) in [5.74, 6) is 0.752. The molecule has 2 aliphatic rings. The quantitative estimate of drug-likeness (QED) is 0.554. The number of aromatic nitrogens is 2. The third-order valence-electron chi connectivity index (χ3n) is 6.51. The highest BCUT2D eigenvalue weighted by Gasteiger charge is 2.30. The number of likely N-dealkylation sites (N-methyl/N-ethyl adjacent to an activating group) is 1. The van der Waals surface area contributed by atoms with Crippen molar-refractivity contribution < 1.29 is 9.59 Å². The topological polar surface area (TPSA) is 120 Å².